The lowest BCUT2D eigenvalue weighted by atomic mass is 9.74. The van der Waals surface area contributed by atoms with Gasteiger partial charge in [-0.1, -0.05) is 18.6 Å². The van der Waals surface area contributed by atoms with Gasteiger partial charge in [-0.3, -0.25) is 0 Å². The largest absolute Gasteiger partial charge is 0.303 e. The Hall–Kier alpha value is -0.590. The summed E-state index contributed by atoms with van der Waals surface area (Å²) in [7, 11) is 0. The van der Waals surface area contributed by atoms with E-state index in [1.54, 1.807) is 0 Å². The number of allylic oxidation sites excluding steroid dienone is 2. The van der Waals surface area contributed by atoms with Crippen molar-refractivity contribution in [2.45, 2.75) is 46.0 Å². The highest BCUT2D eigenvalue weighted by atomic mass is 16.1. The summed E-state index contributed by atoms with van der Waals surface area (Å²) in [6, 6.07) is 0. The van der Waals surface area contributed by atoms with Gasteiger partial charge in [-0.15, -0.1) is 0 Å². The molecule has 0 amide bonds. The van der Waals surface area contributed by atoms with Crippen LogP contribution in [0.5, 0.6) is 0 Å². The molecular formula is C13H20O. The monoisotopic (exact) mass is 192 g/mol. The van der Waals surface area contributed by atoms with Gasteiger partial charge in [-0.2, -0.15) is 0 Å². The first kappa shape index (κ1) is 9.95. The molecule has 78 valence electrons. The van der Waals surface area contributed by atoms with E-state index in [4.69, 9.17) is 0 Å². The Labute approximate surface area is 86.6 Å². The predicted octanol–water partition coefficient (Wildman–Crippen LogP) is 3.35. The van der Waals surface area contributed by atoms with Gasteiger partial charge in [0.2, 0.25) is 0 Å². The van der Waals surface area contributed by atoms with Crippen molar-refractivity contribution in [1.29, 1.82) is 0 Å². The summed E-state index contributed by atoms with van der Waals surface area (Å²) >= 11 is 0. The van der Waals surface area contributed by atoms with Crippen molar-refractivity contribution in [2.75, 3.05) is 0 Å². The van der Waals surface area contributed by atoms with Gasteiger partial charge in [0.25, 0.3) is 0 Å². The van der Waals surface area contributed by atoms with Gasteiger partial charge in [0.1, 0.15) is 6.29 Å². The number of carbonyl (C=O) groups is 1. The van der Waals surface area contributed by atoms with E-state index < -0.39 is 0 Å². The van der Waals surface area contributed by atoms with Crippen LogP contribution in [0.4, 0.5) is 0 Å². The molecule has 0 saturated heterocycles. The second-order valence-electron chi connectivity index (χ2n) is 5.22. The molecule has 14 heavy (non-hydrogen) atoms. The van der Waals surface area contributed by atoms with Crippen LogP contribution in [-0.2, 0) is 4.79 Å². The minimum atomic E-state index is 0.0871. The third-order valence-corrected chi connectivity index (χ3v) is 4.35. The number of carbonyl (C=O) groups excluding carboxylic acids is 1. The minimum absolute atomic E-state index is 0.0871. The Bertz CT molecular complexity index is 260. The lowest BCUT2D eigenvalue weighted by molar-refractivity contribution is -0.114. The summed E-state index contributed by atoms with van der Waals surface area (Å²) in [5, 5.41) is 0. The number of aldehydes is 1. The van der Waals surface area contributed by atoms with E-state index in [2.05, 4.69) is 19.9 Å². The van der Waals surface area contributed by atoms with E-state index in [9.17, 15) is 4.79 Å². The van der Waals surface area contributed by atoms with Crippen molar-refractivity contribution in [3.8, 4) is 0 Å². The fourth-order valence-electron chi connectivity index (χ4n) is 2.73. The van der Waals surface area contributed by atoms with Crippen LogP contribution >= 0.6 is 0 Å². The molecule has 2 unspecified atom stereocenters. The fraction of sp³-hybridized carbons (Fsp3) is 0.769. The van der Waals surface area contributed by atoms with Crippen molar-refractivity contribution in [1.82, 2.24) is 0 Å². The van der Waals surface area contributed by atoms with Crippen LogP contribution in [0.2, 0.25) is 0 Å². The summed E-state index contributed by atoms with van der Waals surface area (Å²) in [6.45, 7) is 4.49. The van der Waals surface area contributed by atoms with Gasteiger partial charge in [0.05, 0.1) is 0 Å². The van der Waals surface area contributed by atoms with E-state index in [0.717, 1.165) is 18.8 Å². The van der Waals surface area contributed by atoms with Gasteiger partial charge in [-0.25, -0.2) is 0 Å². The molecule has 2 atom stereocenters. The summed E-state index contributed by atoms with van der Waals surface area (Å²) in [6.07, 6.45) is 9.59. The Morgan fingerprint density at radius 2 is 2.29 bits per heavy atom. The smallest absolute Gasteiger partial charge is 0.126 e. The molecule has 2 rings (SSSR count). The Morgan fingerprint density at radius 1 is 1.57 bits per heavy atom. The van der Waals surface area contributed by atoms with Crippen LogP contribution in [-0.4, -0.2) is 6.29 Å². The third-order valence-electron chi connectivity index (χ3n) is 4.35. The molecule has 0 radical (unpaired) electrons. The lowest BCUT2D eigenvalue weighted by Gasteiger charge is -2.30. The van der Waals surface area contributed by atoms with Crippen LogP contribution in [0.25, 0.3) is 0 Å². The molecule has 1 nitrogen and oxygen atoms in total. The molecule has 2 aliphatic carbocycles. The summed E-state index contributed by atoms with van der Waals surface area (Å²) in [5.41, 5.74) is 1.62. The molecule has 2 aliphatic rings. The average molecular weight is 192 g/mol. The quantitative estimate of drug-likeness (QED) is 0.495. The molecule has 1 saturated carbocycles. The third kappa shape index (κ3) is 1.65. The molecule has 0 aliphatic heterocycles. The Kier molecular flexibility index (Phi) is 2.50. The maximum Gasteiger partial charge on any atom is 0.126 e. The zero-order chi connectivity index (χ0) is 10.2. The second kappa shape index (κ2) is 3.52. The molecule has 0 aromatic carbocycles. The molecule has 0 spiro atoms. The van der Waals surface area contributed by atoms with Crippen molar-refractivity contribution in [2.24, 2.45) is 17.3 Å². The summed E-state index contributed by atoms with van der Waals surface area (Å²) in [4.78, 5) is 11.0. The molecule has 0 aromatic heterocycles. The van der Waals surface area contributed by atoms with E-state index >= 15 is 0 Å². The molecule has 1 fully saturated rings. The summed E-state index contributed by atoms with van der Waals surface area (Å²) in [5.74, 6) is 1.36. The van der Waals surface area contributed by atoms with Crippen molar-refractivity contribution >= 4 is 6.29 Å². The normalized spacial score (nSPS) is 31.9. The maximum atomic E-state index is 11.0. The molecular weight excluding hydrogens is 172 g/mol. The second-order valence-corrected chi connectivity index (χ2v) is 5.22. The zero-order valence-corrected chi connectivity index (χ0v) is 9.25. The van der Waals surface area contributed by atoms with Gasteiger partial charge in [-0.05, 0) is 50.9 Å². The SMILES string of the molecule is CC1=CCC(C(C)C2(C=O)CC2)CC1. The van der Waals surface area contributed by atoms with E-state index in [1.807, 2.05) is 0 Å². The summed E-state index contributed by atoms with van der Waals surface area (Å²) < 4.78 is 0. The standard InChI is InChI=1S/C13H20O/c1-10-3-5-12(6-4-10)11(2)13(9-14)7-8-13/h3,9,11-12H,4-8H2,1-2H3. The van der Waals surface area contributed by atoms with Gasteiger partial charge in [0, 0.05) is 5.41 Å². The molecule has 0 aromatic rings. The first-order chi connectivity index (χ1) is 6.68. The van der Waals surface area contributed by atoms with Crippen LogP contribution in [0.1, 0.15) is 46.0 Å². The molecule has 0 heterocycles. The number of hydrogen-bond acceptors (Lipinski definition) is 1. The van der Waals surface area contributed by atoms with Crippen LogP contribution in [0.3, 0.4) is 0 Å². The van der Waals surface area contributed by atoms with Gasteiger partial charge in [0.15, 0.2) is 0 Å². The van der Waals surface area contributed by atoms with Gasteiger partial charge >= 0.3 is 0 Å². The van der Waals surface area contributed by atoms with E-state index in [0.29, 0.717) is 5.92 Å². The first-order valence-electron chi connectivity index (χ1n) is 5.80. The fourth-order valence-corrected chi connectivity index (χ4v) is 2.73. The first-order valence-corrected chi connectivity index (χ1v) is 5.80. The predicted molar refractivity (Wildman–Crippen MR) is 58.0 cm³/mol. The number of hydrogen-bond donors (Lipinski definition) is 0. The highest BCUT2D eigenvalue weighted by Gasteiger charge is 2.49. The Morgan fingerprint density at radius 3 is 2.71 bits per heavy atom. The highest BCUT2D eigenvalue weighted by Crippen LogP contribution is 2.54. The van der Waals surface area contributed by atoms with Gasteiger partial charge < -0.3 is 4.79 Å². The minimum Gasteiger partial charge on any atom is -0.303 e. The van der Waals surface area contributed by atoms with Crippen molar-refractivity contribution in [3.05, 3.63) is 11.6 Å². The van der Waals surface area contributed by atoms with Crippen molar-refractivity contribution < 1.29 is 4.79 Å². The zero-order valence-electron chi connectivity index (χ0n) is 9.25. The van der Waals surface area contributed by atoms with Crippen LogP contribution in [0, 0.1) is 17.3 Å². The van der Waals surface area contributed by atoms with E-state index in [1.165, 1.54) is 31.1 Å². The molecule has 0 bridgehead atoms. The topological polar surface area (TPSA) is 17.1 Å². The maximum absolute atomic E-state index is 11.0. The number of rotatable bonds is 3. The molecule has 1 heteroatoms. The lowest BCUT2D eigenvalue weighted by Crippen LogP contribution is -2.24. The van der Waals surface area contributed by atoms with Crippen LogP contribution in [0.15, 0.2) is 11.6 Å². The average Bonchev–Trinajstić information content (AvgIpc) is 2.99. The van der Waals surface area contributed by atoms with Crippen LogP contribution < -0.4 is 0 Å². The Balaban J connectivity index is 1.99. The highest BCUT2D eigenvalue weighted by molar-refractivity contribution is 5.64. The van der Waals surface area contributed by atoms with Crippen molar-refractivity contribution in [3.63, 3.8) is 0 Å². The molecule has 0 N–H and O–H groups in total. The van der Waals surface area contributed by atoms with E-state index in [-0.39, 0.29) is 5.41 Å².